The summed E-state index contributed by atoms with van der Waals surface area (Å²) in [6, 6.07) is 9.78. The molecule has 1 fully saturated rings. The third-order valence-corrected chi connectivity index (χ3v) is 4.98. The van der Waals surface area contributed by atoms with Crippen molar-refractivity contribution in [3.05, 3.63) is 61.6 Å². The summed E-state index contributed by atoms with van der Waals surface area (Å²) in [5.74, 6) is -0.360. The maximum absolute atomic E-state index is 12.5. The van der Waals surface area contributed by atoms with Gasteiger partial charge in [0, 0.05) is 23.6 Å². The van der Waals surface area contributed by atoms with Crippen molar-refractivity contribution in [2.75, 3.05) is 36.5 Å². The minimum atomic E-state index is -0.476. The quantitative estimate of drug-likeness (QED) is 0.571. The Hall–Kier alpha value is -2.16. The van der Waals surface area contributed by atoms with Gasteiger partial charge in [-0.05, 0) is 34.1 Å². The van der Waals surface area contributed by atoms with Crippen molar-refractivity contribution >= 4 is 50.5 Å². The number of nitro groups is 1. The van der Waals surface area contributed by atoms with Crippen LogP contribution in [0.25, 0.3) is 0 Å². The van der Waals surface area contributed by atoms with Crippen LogP contribution >= 0.6 is 27.5 Å². The van der Waals surface area contributed by atoms with Gasteiger partial charge in [0.05, 0.1) is 34.4 Å². The van der Waals surface area contributed by atoms with E-state index in [2.05, 4.69) is 21.2 Å². The van der Waals surface area contributed by atoms with E-state index in [1.54, 1.807) is 30.3 Å². The highest BCUT2D eigenvalue weighted by atomic mass is 79.9. The lowest BCUT2D eigenvalue weighted by Crippen LogP contribution is -2.36. The average Bonchev–Trinajstić information content (AvgIpc) is 2.64. The number of morpholine rings is 1. The molecule has 26 heavy (non-hydrogen) atoms. The van der Waals surface area contributed by atoms with Gasteiger partial charge in [-0.15, -0.1) is 0 Å². The first kappa shape index (κ1) is 18.6. The Morgan fingerprint density at radius 1 is 1.27 bits per heavy atom. The van der Waals surface area contributed by atoms with Gasteiger partial charge in [0.2, 0.25) is 0 Å². The van der Waals surface area contributed by atoms with Crippen LogP contribution in [0.2, 0.25) is 5.02 Å². The van der Waals surface area contributed by atoms with Crippen molar-refractivity contribution in [2.24, 2.45) is 0 Å². The minimum absolute atomic E-state index is 0.101. The summed E-state index contributed by atoms with van der Waals surface area (Å²) in [6.45, 7) is 2.02. The molecule has 2 aromatic rings. The zero-order chi connectivity index (χ0) is 18.7. The largest absolute Gasteiger partial charge is 0.378 e. The van der Waals surface area contributed by atoms with Crippen LogP contribution in [0.3, 0.4) is 0 Å². The molecule has 1 aliphatic heterocycles. The molecule has 0 atom stereocenters. The van der Waals surface area contributed by atoms with Gasteiger partial charge in [-0.25, -0.2) is 0 Å². The molecule has 0 radical (unpaired) electrons. The minimum Gasteiger partial charge on any atom is -0.378 e. The summed E-state index contributed by atoms with van der Waals surface area (Å²) in [6.07, 6.45) is 0. The molecule has 0 bridgehead atoms. The van der Waals surface area contributed by atoms with Gasteiger partial charge in [0.15, 0.2) is 0 Å². The van der Waals surface area contributed by atoms with Crippen LogP contribution in [0, 0.1) is 10.1 Å². The lowest BCUT2D eigenvalue weighted by Gasteiger charge is -2.29. The molecule has 1 aliphatic rings. The molecule has 0 spiro atoms. The van der Waals surface area contributed by atoms with E-state index in [9.17, 15) is 14.9 Å². The van der Waals surface area contributed by atoms with E-state index in [1.165, 1.54) is 6.07 Å². The lowest BCUT2D eigenvalue weighted by atomic mass is 10.1. The number of rotatable bonds is 4. The van der Waals surface area contributed by atoms with Gasteiger partial charge in [0.25, 0.3) is 11.6 Å². The van der Waals surface area contributed by atoms with Crippen molar-refractivity contribution < 1.29 is 14.5 Å². The van der Waals surface area contributed by atoms with Crippen molar-refractivity contribution in [3.63, 3.8) is 0 Å². The number of hydrogen-bond acceptors (Lipinski definition) is 5. The Balaban J connectivity index is 1.95. The van der Waals surface area contributed by atoms with Crippen LogP contribution in [-0.4, -0.2) is 37.1 Å². The van der Waals surface area contributed by atoms with Crippen LogP contribution < -0.4 is 10.2 Å². The van der Waals surface area contributed by atoms with E-state index in [-0.39, 0.29) is 16.6 Å². The van der Waals surface area contributed by atoms with Gasteiger partial charge < -0.3 is 15.0 Å². The fourth-order valence-electron chi connectivity index (χ4n) is 2.69. The molecule has 1 saturated heterocycles. The molecule has 0 aromatic heterocycles. The number of benzene rings is 2. The van der Waals surface area contributed by atoms with Crippen LogP contribution in [0.1, 0.15) is 10.4 Å². The summed E-state index contributed by atoms with van der Waals surface area (Å²) in [7, 11) is 0. The third-order valence-electron chi connectivity index (χ3n) is 3.98. The third kappa shape index (κ3) is 3.98. The highest BCUT2D eigenvalue weighted by molar-refractivity contribution is 9.10. The van der Waals surface area contributed by atoms with Gasteiger partial charge >= 0.3 is 0 Å². The number of carbonyl (C=O) groups is 1. The van der Waals surface area contributed by atoms with E-state index in [0.717, 1.165) is 0 Å². The second-order valence-corrected chi connectivity index (χ2v) is 6.87. The number of hydrogen-bond donors (Lipinski definition) is 1. The summed E-state index contributed by atoms with van der Waals surface area (Å²) < 4.78 is 5.94. The Kier molecular flexibility index (Phi) is 5.75. The molecule has 0 aliphatic carbocycles. The van der Waals surface area contributed by atoms with Crippen LogP contribution in [-0.2, 0) is 4.74 Å². The Labute approximate surface area is 163 Å². The van der Waals surface area contributed by atoms with Gasteiger partial charge in [0.1, 0.15) is 5.69 Å². The average molecular weight is 441 g/mol. The highest BCUT2D eigenvalue weighted by Crippen LogP contribution is 2.37. The summed E-state index contributed by atoms with van der Waals surface area (Å²) >= 11 is 9.51. The fraction of sp³-hybridized carbons (Fsp3) is 0.235. The molecule has 7 nitrogen and oxygen atoms in total. The normalized spacial score (nSPS) is 14.2. The van der Waals surface area contributed by atoms with Crippen molar-refractivity contribution in [1.82, 2.24) is 0 Å². The second-order valence-electron chi connectivity index (χ2n) is 5.61. The van der Waals surface area contributed by atoms with Crippen molar-refractivity contribution in [3.8, 4) is 0 Å². The first-order chi connectivity index (χ1) is 12.5. The van der Waals surface area contributed by atoms with Crippen molar-refractivity contribution in [1.29, 1.82) is 0 Å². The molecule has 0 unspecified atom stereocenters. The molecule has 0 saturated carbocycles. The lowest BCUT2D eigenvalue weighted by molar-refractivity contribution is -0.384. The molecule has 3 rings (SSSR count). The number of amides is 1. The highest BCUT2D eigenvalue weighted by Gasteiger charge is 2.24. The zero-order valence-electron chi connectivity index (χ0n) is 13.6. The number of halogens is 2. The van der Waals surface area contributed by atoms with Crippen molar-refractivity contribution in [2.45, 2.75) is 0 Å². The number of anilines is 2. The molecule has 9 heteroatoms. The smallest absolute Gasteiger partial charge is 0.294 e. The topological polar surface area (TPSA) is 84.7 Å². The molecular weight excluding hydrogens is 426 g/mol. The van der Waals surface area contributed by atoms with Crippen LogP contribution in [0.5, 0.6) is 0 Å². The molecule has 136 valence electrons. The van der Waals surface area contributed by atoms with Gasteiger partial charge in [-0.3, -0.25) is 14.9 Å². The monoisotopic (exact) mass is 439 g/mol. The number of ether oxygens (including phenoxy) is 1. The number of nitrogens with zero attached hydrogens (tertiary/aromatic N) is 2. The number of nitro benzene ring substituents is 1. The van der Waals surface area contributed by atoms with E-state index in [1.807, 2.05) is 4.90 Å². The first-order valence-corrected chi connectivity index (χ1v) is 9.01. The molecule has 1 amide bonds. The number of nitrogens with one attached hydrogen (secondary N) is 1. The van der Waals surface area contributed by atoms with E-state index >= 15 is 0 Å². The van der Waals surface area contributed by atoms with Gasteiger partial charge in [-0.1, -0.05) is 23.7 Å². The second kappa shape index (κ2) is 8.03. The standard InChI is InChI=1S/C17H15BrClN3O4/c18-12-4-2-1-3-11(12)17(23)20-14-10-15(21-5-7-26-8-6-21)16(22(24)25)9-13(14)19/h1-4,9-10H,5-8H2,(H,20,23). The molecule has 1 heterocycles. The van der Waals surface area contributed by atoms with Crippen LogP contribution in [0.4, 0.5) is 17.1 Å². The van der Waals surface area contributed by atoms with E-state index in [4.69, 9.17) is 16.3 Å². The SMILES string of the molecule is O=C(Nc1cc(N2CCOCC2)c([N+](=O)[O-])cc1Cl)c1ccccc1Br. The van der Waals surface area contributed by atoms with Gasteiger partial charge in [-0.2, -0.15) is 0 Å². The Morgan fingerprint density at radius 3 is 2.62 bits per heavy atom. The zero-order valence-corrected chi connectivity index (χ0v) is 15.9. The van der Waals surface area contributed by atoms with E-state index in [0.29, 0.717) is 47.7 Å². The maximum atomic E-state index is 12.5. The first-order valence-electron chi connectivity index (χ1n) is 7.84. The molecular formula is C17H15BrClN3O4. The fourth-order valence-corrected chi connectivity index (χ4v) is 3.36. The summed E-state index contributed by atoms with van der Waals surface area (Å²) in [5, 5.41) is 14.2. The van der Waals surface area contributed by atoms with E-state index < -0.39 is 4.92 Å². The Morgan fingerprint density at radius 2 is 1.96 bits per heavy atom. The summed E-state index contributed by atoms with van der Waals surface area (Å²) in [5.41, 5.74) is 1.07. The molecule has 2 aromatic carbocycles. The predicted octanol–water partition coefficient (Wildman–Crippen LogP) is 4.10. The maximum Gasteiger partial charge on any atom is 0.294 e. The summed E-state index contributed by atoms with van der Waals surface area (Å²) in [4.78, 5) is 25.3. The Bertz CT molecular complexity index is 856. The predicted molar refractivity (Wildman–Crippen MR) is 103 cm³/mol. The molecule has 1 N–H and O–H groups in total. The number of carbonyl (C=O) groups excluding carboxylic acids is 1. The van der Waals surface area contributed by atoms with Crippen LogP contribution in [0.15, 0.2) is 40.9 Å².